The number of benzene rings is 1. The minimum Gasteiger partial charge on any atom is -0.507 e. The van der Waals surface area contributed by atoms with Crippen molar-refractivity contribution in [3.05, 3.63) is 22.8 Å². The lowest BCUT2D eigenvalue weighted by atomic mass is 9.52. The zero-order chi connectivity index (χ0) is 33.0. The first-order chi connectivity index (χ1) is 21.2. The van der Waals surface area contributed by atoms with Crippen molar-refractivity contribution in [3.8, 4) is 5.75 Å². The minimum atomic E-state index is -2.73. The number of phenols is 1. The lowest BCUT2D eigenvalue weighted by Gasteiger charge is -2.52. The average molecular weight is 625 g/mol. The fourth-order valence-corrected chi connectivity index (χ4v) is 8.86. The van der Waals surface area contributed by atoms with Gasteiger partial charge in [0.05, 0.1) is 17.5 Å². The topological polar surface area (TPSA) is 162 Å². The molecule has 5 rings (SSSR count). The SMILES string of the molecule is CCN(Cc1cc(O)c2c(c1N(C)C)C[C@H]1C[C@H]3[C@H](N(C)C)C(=O)C(C(N)=O)C(=O)[C@@]3(O)C(=O)C1C2=O)CC1CCCCCC1. The lowest BCUT2D eigenvalue weighted by Crippen LogP contribution is -2.74. The van der Waals surface area contributed by atoms with Crippen molar-refractivity contribution in [1.29, 1.82) is 0 Å². The van der Waals surface area contributed by atoms with Crippen LogP contribution in [0.5, 0.6) is 5.75 Å². The Hall–Kier alpha value is -3.15. The van der Waals surface area contributed by atoms with Gasteiger partial charge in [0.25, 0.3) is 0 Å². The Labute approximate surface area is 265 Å². The summed E-state index contributed by atoms with van der Waals surface area (Å²) in [7, 11) is 6.95. The molecule has 2 unspecified atom stereocenters. The van der Waals surface area contributed by atoms with Gasteiger partial charge in [0.2, 0.25) is 5.91 Å². The molecule has 4 N–H and O–H groups in total. The molecule has 0 saturated heterocycles. The number of aliphatic hydroxyl groups is 1. The van der Waals surface area contributed by atoms with Crippen LogP contribution in [-0.2, 0) is 32.1 Å². The summed E-state index contributed by atoms with van der Waals surface area (Å²) in [5.41, 5.74) is 5.05. The van der Waals surface area contributed by atoms with E-state index < -0.39 is 64.4 Å². The van der Waals surface area contributed by atoms with E-state index in [9.17, 15) is 34.2 Å². The standard InChI is InChI=1S/C34H48N4O7/c1-6-38(16-18-11-9-7-8-10-12-18)17-20-15-23(39)25-21(27(20)36(2)3)13-19-14-22-28(37(4)5)30(41)26(33(35)44)32(43)34(22,45)31(42)24(19)29(25)40/h15,18-19,22,24,26,28,39,45H,6-14,16-17H2,1-5H3,(H2,35,44)/t19-,22-,24?,26?,28-,34-/m0/s1. The number of Topliss-reactive ketones (excluding diaryl/α,β-unsaturated/α-hetero) is 4. The van der Waals surface area contributed by atoms with Crippen LogP contribution in [0, 0.1) is 29.6 Å². The summed E-state index contributed by atoms with van der Waals surface area (Å²) in [6.07, 6.45) is 7.77. The first-order valence-electron chi connectivity index (χ1n) is 16.4. The van der Waals surface area contributed by atoms with Gasteiger partial charge in [-0.3, -0.25) is 33.8 Å². The summed E-state index contributed by atoms with van der Waals surface area (Å²) in [5.74, 6) is -9.68. The van der Waals surface area contributed by atoms with Crippen LogP contribution in [-0.4, -0.2) is 102 Å². The van der Waals surface area contributed by atoms with Gasteiger partial charge in [0.15, 0.2) is 34.7 Å². The first-order valence-corrected chi connectivity index (χ1v) is 16.4. The molecular formula is C34H48N4O7. The highest BCUT2D eigenvalue weighted by Gasteiger charge is 2.69. The van der Waals surface area contributed by atoms with E-state index in [2.05, 4.69) is 11.8 Å². The Kier molecular flexibility index (Phi) is 9.28. The van der Waals surface area contributed by atoms with Crippen molar-refractivity contribution in [1.82, 2.24) is 9.80 Å². The molecule has 45 heavy (non-hydrogen) atoms. The van der Waals surface area contributed by atoms with Gasteiger partial charge in [0.1, 0.15) is 5.75 Å². The predicted octanol–water partition coefficient (Wildman–Crippen LogP) is 1.73. The van der Waals surface area contributed by atoms with Crippen LogP contribution >= 0.6 is 0 Å². The molecule has 11 heteroatoms. The molecule has 0 spiro atoms. The van der Waals surface area contributed by atoms with Gasteiger partial charge in [-0.2, -0.15) is 0 Å². The number of nitrogens with two attached hydrogens (primary N) is 1. The van der Waals surface area contributed by atoms with E-state index in [4.69, 9.17) is 5.73 Å². The molecule has 0 aromatic heterocycles. The fourth-order valence-electron chi connectivity index (χ4n) is 8.86. The van der Waals surface area contributed by atoms with Gasteiger partial charge < -0.3 is 20.8 Å². The smallest absolute Gasteiger partial charge is 0.235 e. The van der Waals surface area contributed by atoms with Gasteiger partial charge in [-0.1, -0.05) is 32.6 Å². The lowest BCUT2D eigenvalue weighted by molar-refractivity contribution is -0.181. The number of hydrogen-bond donors (Lipinski definition) is 3. The minimum absolute atomic E-state index is 0.0286. The third kappa shape index (κ3) is 5.50. The van der Waals surface area contributed by atoms with E-state index in [1.165, 1.54) is 43.4 Å². The van der Waals surface area contributed by atoms with E-state index in [-0.39, 0.29) is 24.2 Å². The Bertz CT molecular complexity index is 1400. The molecule has 0 aliphatic heterocycles. The summed E-state index contributed by atoms with van der Waals surface area (Å²) in [4.78, 5) is 73.2. The summed E-state index contributed by atoms with van der Waals surface area (Å²) in [6.45, 7) is 4.51. The average Bonchev–Trinajstić information content (AvgIpc) is 3.22. The number of amides is 1. The summed E-state index contributed by atoms with van der Waals surface area (Å²) >= 11 is 0. The number of aromatic hydroxyl groups is 1. The van der Waals surface area contributed by atoms with Crippen LogP contribution in [0.4, 0.5) is 5.69 Å². The fraction of sp³-hybridized carbons (Fsp3) is 0.676. The van der Waals surface area contributed by atoms with Gasteiger partial charge in [-0.05, 0) is 75.4 Å². The van der Waals surface area contributed by atoms with Gasteiger partial charge in [0, 0.05) is 38.8 Å². The Morgan fingerprint density at radius 2 is 1.67 bits per heavy atom. The maximum absolute atomic E-state index is 14.2. The highest BCUT2D eigenvalue weighted by atomic mass is 16.3. The first kappa shape index (κ1) is 33.2. The molecule has 4 aliphatic carbocycles. The van der Waals surface area contributed by atoms with Crippen LogP contribution in [0.15, 0.2) is 6.07 Å². The zero-order valence-corrected chi connectivity index (χ0v) is 27.2. The Balaban J connectivity index is 1.54. The molecule has 1 aromatic rings. The highest BCUT2D eigenvalue weighted by molar-refractivity contribution is 6.32. The monoisotopic (exact) mass is 624 g/mol. The summed E-state index contributed by atoms with van der Waals surface area (Å²) < 4.78 is 0. The van der Waals surface area contributed by atoms with Crippen molar-refractivity contribution in [2.75, 3.05) is 46.2 Å². The number of carbonyl (C=O) groups excluding carboxylic acids is 5. The molecular weight excluding hydrogens is 576 g/mol. The number of likely N-dealkylation sites (N-methyl/N-ethyl adjacent to an activating group) is 1. The third-order valence-corrected chi connectivity index (χ3v) is 10.9. The largest absolute Gasteiger partial charge is 0.507 e. The van der Waals surface area contributed by atoms with Crippen LogP contribution in [0.2, 0.25) is 0 Å². The van der Waals surface area contributed by atoms with Crippen LogP contribution in [0.3, 0.4) is 0 Å². The van der Waals surface area contributed by atoms with Crippen LogP contribution in [0.1, 0.15) is 73.4 Å². The molecule has 1 aromatic carbocycles. The third-order valence-electron chi connectivity index (χ3n) is 10.9. The van der Waals surface area contributed by atoms with Crippen LogP contribution in [0.25, 0.3) is 0 Å². The molecule has 0 radical (unpaired) electrons. The summed E-state index contributed by atoms with van der Waals surface area (Å²) in [5, 5.41) is 23.1. The number of ketones is 4. The number of nitrogens with zero attached hydrogens (tertiary/aromatic N) is 3. The van der Waals surface area contributed by atoms with Crippen molar-refractivity contribution < 1.29 is 34.2 Å². The molecule has 11 nitrogen and oxygen atoms in total. The molecule has 3 fully saturated rings. The number of fused-ring (bicyclic) bond motifs is 3. The molecule has 6 atom stereocenters. The molecule has 0 heterocycles. The van der Waals surface area contributed by atoms with Crippen molar-refractivity contribution in [2.24, 2.45) is 35.3 Å². The number of phenolic OH excluding ortho intramolecular Hbond substituents is 1. The maximum Gasteiger partial charge on any atom is 0.235 e. The quantitative estimate of drug-likeness (QED) is 0.287. The molecule has 1 amide bonds. The normalized spacial score (nSPS) is 30.6. The van der Waals surface area contributed by atoms with Crippen molar-refractivity contribution in [2.45, 2.75) is 76.5 Å². The van der Waals surface area contributed by atoms with E-state index >= 15 is 0 Å². The number of hydrogen-bond acceptors (Lipinski definition) is 10. The van der Waals surface area contributed by atoms with Crippen molar-refractivity contribution in [3.63, 3.8) is 0 Å². The van der Waals surface area contributed by atoms with Gasteiger partial charge >= 0.3 is 0 Å². The van der Waals surface area contributed by atoms with E-state index in [1.54, 1.807) is 20.2 Å². The predicted molar refractivity (Wildman–Crippen MR) is 168 cm³/mol. The van der Waals surface area contributed by atoms with Gasteiger partial charge in [-0.25, -0.2) is 0 Å². The number of primary amides is 1. The second-order valence-corrected chi connectivity index (χ2v) is 14.1. The van der Waals surface area contributed by atoms with Crippen LogP contribution < -0.4 is 10.6 Å². The second kappa shape index (κ2) is 12.6. The van der Waals surface area contributed by atoms with Crippen molar-refractivity contribution >= 4 is 34.7 Å². The second-order valence-electron chi connectivity index (χ2n) is 14.1. The zero-order valence-electron chi connectivity index (χ0n) is 27.2. The molecule has 0 bridgehead atoms. The van der Waals surface area contributed by atoms with E-state index in [0.29, 0.717) is 18.0 Å². The highest BCUT2D eigenvalue weighted by Crippen LogP contribution is 2.52. The number of anilines is 1. The maximum atomic E-state index is 14.2. The van der Waals surface area contributed by atoms with E-state index in [1.807, 2.05) is 19.0 Å². The summed E-state index contributed by atoms with van der Waals surface area (Å²) in [6, 6.07) is 0.490. The molecule has 246 valence electrons. The Morgan fingerprint density at radius 1 is 1.02 bits per heavy atom. The molecule has 3 saturated carbocycles. The Morgan fingerprint density at radius 3 is 2.22 bits per heavy atom. The number of rotatable bonds is 8. The van der Waals surface area contributed by atoms with E-state index in [0.717, 1.165) is 24.3 Å². The van der Waals surface area contributed by atoms with Gasteiger partial charge in [-0.15, -0.1) is 0 Å². The molecule has 4 aliphatic rings. The number of carbonyl (C=O) groups is 5.